The van der Waals surface area contributed by atoms with Gasteiger partial charge in [0.15, 0.2) is 5.82 Å². The summed E-state index contributed by atoms with van der Waals surface area (Å²) in [5.41, 5.74) is 2.95. The van der Waals surface area contributed by atoms with Crippen molar-refractivity contribution in [3.63, 3.8) is 0 Å². The lowest BCUT2D eigenvalue weighted by Gasteiger charge is -2.17. The Morgan fingerprint density at radius 2 is 1.90 bits per heavy atom. The first-order chi connectivity index (χ1) is 14.1. The van der Waals surface area contributed by atoms with E-state index in [0.717, 1.165) is 41.8 Å². The Morgan fingerprint density at radius 3 is 2.52 bits per heavy atom. The molecule has 2 saturated heterocycles. The van der Waals surface area contributed by atoms with Crippen LogP contribution in [-0.2, 0) is 9.47 Å². The Morgan fingerprint density at radius 1 is 1.14 bits per heavy atom. The van der Waals surface area contributed by atoms with E-state index in [1.165, 1.54) is 0 Å². The molecule has 0 radical (unpaired) electrons. The zero-order chi connectivity index (χ0) is 20.4. The second-order valence-electron chi connectivity index (χ2n) is 7.82. The molecule has 0 saturated carbocycles. The molecule has 4 rings (SSSR count). The van der Waals surface area contributed by atoms with Crippen LogP contribution in [0.15, 0.2) is 24.3 Å². The number of rotatable bonds is 10. The molecule has 0 unspecified atom stereocenters. The van der Waals surface area contributed by atoms with Crippen LogP contribution in [0.5, 0.6) is 11.6 Å². The number of hydrogen-bond donors (Lipinski definition) is 0. The first-order valence-corrected chi connectivity index (χ1v) is 10.6. The summed E-state index contributed by atoms with van der Waals surface area (Å²) in [6.07, 6.45) is 3.89. The predicted molar refractivity (Wildman–Crippen MR) is 110 cm³/mol. The molecule has 6 nitrogen and oxygen atoms in total. The quantitative estimate of drug-likeness (QED) is 0.541. The summed E-state index contributed by atoms with van der Waals surface area (Å²) in [7, 11) is 1.66. The van der Waals surface area contributed by atoms with E-state index in [2.05, 4.69) is 20.8 Å². The summed E-state index contributed by atoms with van der Waals surface area (Å²) in [6, 6.07) is 7.89. The molecule has 29 heavy (non-hydrogen) atoms. The minimum Gasteiger partial charge on any atom is -0.491 e. The predicted octanol–water partition coefficient (Wildman–Crippen LogP) is 4.68. The highest BCUT2D eigenvalue weighted by atomic mass is 16.6. The van der Waals surface area contributed by atoms with Crippen molar-refractivity contribution in [2.45, 2.75) is 64.3 Å². The van der Waals surface area contributed by atoms with Crippen LogP contribution in [0.2, 0.25) is 0 Å². The SMILES string of the molecule is CCC[C@@H]1O[C@H]1COc1ccc(-c2nc(OC)c([C@@H](C)CC)c([C@H]3CO3)n2)cc1. The van der Waals surface area contributed by atoms with Crippen molar-refractivity contribution in [3.8, 4) is 23.0 Å². The Bertz CT molecular complexity index is 836. The van der Waals surface area contributed by atoms with E-state index < -0.39 is 0 Å². The van der Waals surface area contributed by atoms with Crippen molar-refractivity contribution in [2.24, 2.45) is 0 Å². The average molecular weight is 399 g/mol. The third-order valence-corrected chi connectivity index (χ3v) is 5.66. The van der Waals surface area contributed by atoms with Gasteiger partial charge in [-0.1, -0.05) is 27.2 Å². The largest absolute Gasteiger partial charge is 0.491 e. The maximum Gasteiger partial charge on any atom is 0.220 e. The van der Waals surface area contributed by atoms with Gasteiger partial charge in [0.05, 0.1) is 25.5 Å². The molecule has 4 atom stereocenters. The van der Waals surface area contributed by atoms with Crippen LogP contribution in [0, 0.1) is 0 Å². The van der Waals surface area contributed by atoms with E-state index in [4.69, 9.17) is 28.9 Å². The number of epoxide rings is 2. The van der Waals surface area contributed by atoms with E-state index in [9.17, 15) is 0 Å². The summed E-state index contributed by atoms with van der Waals surface area (Å²) >= 11 is 0. The lowest BCUT2D eigenvalue weighted by atomic mass is 9.96. The Labute approximate surface area is 172 Å². The van der Waals surface area contributed by atoms with Gasteiger partial charge in [0.2, 0.25) is 5.88 Å². The fourth-order valence-electron chi connectivity index (χ4n) is 3.61. The Hall–Kier alpha value is -2.18. The highest BCUT2D eigenvalue weighted by Crippen LogP contribution is 2.40. The summed E-state index contributed by atoms with van der Waals surface area (Å²) in [5, 5.41) is 0. The van der Waals surface area contributed by atoms with Crippen LogP contribution < -0.4 is 9.47 Å². The number of aromatic nitrogens is 2. The van der Waals surface area contributed by atoms with E-state index in [0.29, 0.717) is 36.9 Å². The lowest BCUT2D eigenvalue weighted by molar-refractivity contribution is 0.259. The van der Waals surface area contributed by atoms with Crippen LogP contribution in [-0.4, -0.2) is 42.5 Å². The molecule has 2 aliphatic rings. The van der Waals surface area contributed by atoms with E-state index in [-0.39, 0.29) is 12.2 Å². The molecule has 0 spiro atoms. The van der Waals surface area contributed by atoms with Gasteiger partial charge < -0.3 is 18.9 Å². The molecule has 0 aliphatic carbocycles. The van der Waals surface area contributed by atoms with Crippen LogP contribution >= 0.6 is 0 Å². The number of hydrogen-bond acceptors (Lipinski definition) is 6. The molecular formula is C23H30N2O4. The molecule has 1 aromatic heterocycles. The van der Waals surface area contributed by atoms with Crippen molar-refractivity contribution in [3.05, 3.63) is 35.5 Å². The van der Waals surface area contributed by atoms with Crippen LogP contribution in [0.1, 0.15) is 63.3 Å². The van der Waals surface area contributed by atoms with Gasteiger partial charge in [-0.05, 0) is 43.0 Å². The molecule has 0 amide bonds. The van der Waals surface area contributed by atoms with Crippen LogP contribution in [0.3, 0.4) is 0 Å². The topological polar surface area (TPSA) is 69.3 Å². The van der Waals surface area contributed by atoms with Gasteiger partial charge in [0.25, 0.3) is 0 Å². The summed E-state index contributed by atoms with van der Waals surface area (Å²) < 4.78 is 22.7. The van der Waals surface area contributed by atoms with Gasteiger partial charge in [0.1, 0.15) is 24.6 Å². The molecule has 2 aromatic rings. The van der Waals surface area contributed by atoms with Crippen molar-refractivity contribution >= 4 is 0 Å². The molecule has 0 bridgehead atoms. The highest BCUT2D eigenvalue weighted by Gasteiger charge is 2.38. The van der Waals surface area contributed by atoms with Gasteiger partial charge in [-0.25, -0.2) is 4.98 Å². The van der Waals surface area contributed by atoms with E-state index in [1.54, 1.807) is 7.11 Å². The van der Waals surface area contributed by atoms with E-state index in [1.807, 2.05) is 24.3 Å². The minimum absolute atomic E-state index is 0.0480. The third kappa shape index (κ3) is 4.54. The van der Waals surface area contributed by atoms with Gasteiger partial charge in [-0.2, -0.15) is 4.98 Å². The second-order valence-corrected chi connectivity index (χ2v) is 7.82. The van der Waals surface area contributed by atoms with Crippen molar-refractivity contribution in [1.29, 1.82) is 0 Å². The molecule has 6 heteroatoms. The summed E-state index contributed by atoms with van der Waals surface area (Å²) in [6.45, 7) is 7.81. The van der Waals surface area contributed by atoms with Gasteiger partial charge >= 0.3 is 0 Å². The molecule has 2 fully saturated rings. The number of ether oxygens (including phenoxy) is 4. The van der Waals surface area contributed by atoms with Crippen molar-refractivity contribution in [1.82, 2.24) is 9.97 Å². The molecule has 0 N–H and O–H groups in total. The second kappa shape index (κ2) is 8.67. The van der Waals surface area contributed by atoms with E-state index >= 15 is 0 Å². The van der Waals surface area contributed by atoms with Crippen LogP contribution in [0.25, 0.3) is 11.4 Å². The zero-order valence-corrected chi connectivity index (χ0v) is 17.7. The monoisotopic (exact) mass is 398 g/mol. The zero-order valence-electron chi connectivity index (χ0n) is 17.7. The molecule has 3 heterocycles. The Kier molecular flexibility index (Phi) is 6.01. The molecule has 2 aliphatic heterocycles. The third-order valence-electron chi connectivity index (χ3n) is 5.66. The minimum atomic E-state index is 0.0480. The van der Waals surface area contributed by atoms with Crippen LogP contribution in [0.4, 0.5) is 0 Å². The van der Waals surface area contributed by atoms with Crippen molar-refractivity contribution < 1.29 is 18.9 Å². The fourth-order valence-corrected chi connectivity index (χ4v) is 3.61. The standard InChI is InChI=1S/C23H30N2O4/c1-5-7-17-18(29-17)12-27-16-10-8-15(9-11-16)22-24-21(19-13-28-19)20(14(3)6-2)23(25-22)26-4/h8-11,14,17-19H,5-7,12-13H2,1-4H3/t14-,17-,18-,19+/m0/s1. The smallest absolute Gasteiger partial charge is 0.220 e. The highest BCUT2D eigenvalue weighted by molar-refractivity contribution is 5.58. The first-order valence-electron chi connectivity index (χ1n) is 10.6. The summed E-state index contributed by atoms with van der Waals surface area (Å²) in [4.78, 5) is 9.55. The fraction of sp³-hybridized carbons (Fsp3) is 0.565. The maximum atomic E-state index is 5.87. The summed E-state index contributed by atoms with van der Waals surface area (Å²) in [5.74, 6) is 2.44. The van der Waals surface area contributed by atoms with Gasteiger partial charge in [-0.15, -0.1) is 0 Å². The van der Waals surface area contributed by atoms with Crippen molar-refractivity contribution in [2.75, 3.05) is 20.3 Å². The lowest BCUT2D eigenvalue weighted by Crippen LogP contribution is -2.09. The molecule has 1 aromatic carbocycles. The van der Waals surface area contributed by atoms with Gasteiger partial charge in [-0.3, -0.25) is 0 Å². The molecular weight excluding hydrogens is 368 g/mol. The average Bonchev–Trinajstić information content (AvgIpc) is 3.67. The van der Waals surface area contributed by atoms with Gasteiger partial charge in [0, 0.05) is 11.1 Å². The normalized spacial score (nSPS) is 23.5. The Balaban J connectivity index is 1.51. The first kappa shape index (κ1) is 20.1. The molecule has 156 valence electrons. The number of benzene rings is 1. The number of methoxy groups -OCH3 is 1. The number of nitrogens with zero attached hydrogens (tertiary/aromatic N) is 2. The maximum absolute atomic E-state index is 5.87.